The molecule has 2 heterocycles. The van der Waals surface area contributed by atoms with Crippen molar-refractivity contribution in [2.24, 2.45) is 0 Å². The molecule has 0 fully saturated rings. The first-order valence-corrected chi connectivity index (χ1v) is 9.87. The zero-order chi connectivity index (χ0) is 21.3. The third-order valence-corrected chi connectivity index (χ3v) is 5.42. The summed E-state index contributed by atoms with van der Waals surface area (Å²) in [6.45, 7) is 1.68. The summed E-state index contributed by atoms with van der Waals surface area (Å²) < 4.78 is 10.7. The lowest BCUT2D eigenvalue weighted by Crippen LogP contribution is -2.13. The monoisotopic (exact) mass is 423 g/mol. The van der Waals surface area contributed by atoms with Gasteiger partial charge in [0, 0.05) is 39.6 Å². The van der Waals surface area contributed by atoms with E-state index in [0.29, 0.717) is 33.3 Å². The van der Waals surface area contributed by atoms with Crippen LogP contribution in [0.3, 0.4) is 0 Å². The Kier molecular flexibility index (Phi) is 5.20. The van der Waals surface area contributed by atoms with Gasteiger partial charge in [0.25, 0.3) is 5.69 Å². The van der Waals surface area contributed by atoms with Crippen LogP contribution >= 0.6 is 11.3 Å². The smallest absolute Gasteiger partial charge is 0.272 e. The summed E-state index contributed by atoms with van der Waals surface area (Å²) in [5.41, 5.74) is 3.22. The summed E-state index contributed by atoms with van der Waals surface area (Å²) in [5.74, 6) is 0.448. The molecule has 30 heavy (non-hydrogen) atoms. The molecule has 152 valence electrons. The Bertz CT molecular complexity index is 1260. The lowest BCUT2D eigenvalue weighted by Gasteiger charge is -2.02. The number of hydrogen-bond acceptors (Lipinski definition) is 7. The van der Waals surface area contributed by atoms with Crippen LogP contribution in [-0.2, 0) is 11.2 Å². The summed E-state index contributed by atoms with van der Waals surface area (Å²) in [6.07, 6.45) is 1.69. The van der Waals surface area contributed by atoms with E-state index in [1.165, 1.54) is 17.4 Å². The van der Waals surface area contributed by atoms with Gasteiger partial charge in [-0.05, 0) is 19.1 Å². The summed E-state index contributed by atoms with van der Waals surface area (Å²) >= 11 is 1.26. The molecular weight excluding hydrogens is 406 g/mol. The highest BCUT2D eigenvalue weighted by atomic mass is 32.1. The van der Waals surface area contributed by atoms with E-state index in [4.69, 9.17) is 9.15 Å². The second-order valence-electron chi connectivity index (χ2n) is 6.64. The normalized spacial score (nSPS) is 10.9. The fourth-order valence-electron chi connectivity index (χ4n) is 3.09. The lowest BCUT2D eigenvalue weighted by molar-refractivity contribution is -0.385. The highest BCUT2D eigenvalue weighted by Gasteiger charge is 2.16. The van der Waals surface area contributed by atoms with Crippen LogP contribution in [0.1, 0.15) is 11.1 Å². The summed E-state index contributed by atoms with van der Waals surface area (Å²) in [5, 5.41) is 16.9. The molecule has 8 nitrogen and oxygen atoms in total. The summed E-state index contributed by atoms with van der Waals surface area (Å²) in [6, 6.07) is 10.4. The van der Waals surface area contributed by atoms with Crippen molar-refractivity contribution in [3.8, 4) is 17.0 Å². The van der Waals surface area contributed by atoms with Gasteiger partial charge in [-0.25, -0.2) is 4.98 Å². The van der Waals surface area contributed by atoms with Crippen LogP contribution in [0.4, 0.5) is 10.8 Å². The number of aromatic nitrogens is 1. The topological polar surface area (TPSA) is 108 Å². The van der Waals surface area contributed by atoms with E-state index >= 15 is 0 Å². The number of furan rings is 1. The van der Waals surface area contributed by atoms with Crippen molar-refractivity contribution >= 4 is 39.0 Å². The zero-order valence-corrected chi connectivity index (χ0v) is 17.0. The van der Waals surface area contributed by atoms with E-state index < -0.39 is 4.92 Å². The standard InChI is InChI=1S/C21H17N3O5S/c1-12-3-4-13(7-18(12)24(26)27)17-11-30-21(22-17)23-20(25)8-14-10-29-19-9-15(28-2)5-6-16(14)19/h3-7,9-11H,8H2,1-2H3,(H,22,23,25). The largest absolute Gasteiger partial charge is 0.497 e. The van der Waals surface area contributed by atoms with Gasteiger partial charge in [-0.1, -0.05) is 12.1 Å². The maximum absolute atomic E-state index is 12.5. The van der Waals surface area contributed by atoms with Crippen LogP contribution in [0.15, 0.2) is 52.5 Å². The molecule has 0 radical (unpaired) electrons. The first-order chi connectivity index (χ1) is 14.4. The van der Waals surface area contributed by atoms with E-state index in [9.17, 15) is 14.9 Å². The maximum Gasteiger partial charge on any atom is 0.272 e. The molecule has 4 aromatic rings. The number of hydrogen-bond donors (Lipinski definition) is 1. The van der Waals surface area contributed by atoms with E-state index in [1.807, 2.05) is 12.1 Å². The Hall–Kier alpha value is -3.72. The Morgan fingerprint density at radius 1 is 1.30 bits per heavy atom. The van der Waals surface area contributed by atoms with E-state index in [1.54, 1.807) is 43.9 Å². The number of nitro benzene ring substituents is 1. The van der Waals surface area contributed by atoms with Gasteiger partial charge in [0.1, 0.15) is 11.3 Å². The number of benzene rings is 2. The van der Waals surface area contributed by atoms with Crippen LogP contribution in [0.2, 0.25) is 0 Å². The molecule has 0 aliphatic heterocycles. The minimum absolute atomic E-state index is 0.0366. The Balaban J connectivity index is 1.48. The number of amides is 1. The van der Waals surface area contributed by atoms with E-state index in [2.05, 4.69) is 10.3 Å². The average molecular weight is 423 g/mol. The van der Waals surface area contributed by atoms with Crippen molar-refractivity contribution in [3.05, 3.63) is 69.3 Å². The van der Waals surface area contributed by atoms with Crippen LogP contribution in [0.5, 0.6) is 5.75 Å². The molecule has 0 spiro atoms. The number of nitrogens with zero attached hydrogens (tertiary/aromatic N) is 2. The van der Waals surface area contributed by atoms with Gasteiger partial charge >= 0.3 is 0 Å². The molecule has 0 atom stereocenters. The maximum atomic E-state index is 12.5. The van der Waals surface area contributed by atoms with Crippen LogP contribution in [-0.4, -0.2) is 22.9 Å². The predicted octanol–water partition coefficient (Wildman–Crippen LogP) is 4.96. The van der Waals surface area contributed by atoms with Gasteiger partial charge < -0.3 is 14.5 Å². The summed E-state index contributed by atoms with van der Waals surface area (Å²) in [4.78, 5) is 27.6. The van der Waals surface area contributed by atoms with Crippen molar-refractivity contribution in [1.82, 2.24) is 4.98 Å². The number of methoxy groups -OCH3 is 1. The molecule has 4 rings (SSSR count). The van der Waals surface area contributed by atoms with E-state index in [0.717, 1.165) is 10.9 Å². The molecule has 2 aromatic carbocycles. The quantitative estimate of drug-likeness (QED) is 0.347. The number of carbonyl (C=O) groups is 1. The minimum atomic E-state index is -0.418. The first kappa shape index (κ1) is 19.6. The molecule has 2 aromatic heterocycles. The molecule has 0 unspecified atom stereocenters. The molecule has 0 saturated heterocycles. The minimum Gasteiger partial charge on any atom is -0.497 e. The second-order valence-corrected chi connectivity index (χ2v) is 7.50. The molecule has 0 bridgehead atoms. The van der Waals surface area contributed by atoms with Gasteiger partial charge in [-0.15, -0.1) is 11.3 Å². The van der Waals surface area contributed by atoms with E-state index in [-0.39, 0.29) is 18.0 Å². The zero-order valence-electron chi connectivity index (χ0n) is 16.2. The van der Waals surface area contributed by atoms with Crippen molar-refractivity contribution in [2.45, 2.75) is 13.3 Å². The molecule has 1 amide bonds. The van der Waals surface area contributed by atoms with Crippen LogP contribution < -0.4 is 10.1 Å². The van der Waals surface area contributed by atoms with Crippen LogP contribution in [0.25, 0.3) is 22.2 Å². The highest BCUT2D eigenvalue weighted by molar-refractivity contribution is 7.14. The number of nitrogens with one attached hydrogen (secondary N) is 1. The highest BCUT2D eigenvalue weighted by Crippen LogP contribution is 2.30. The molecular formula is C21H17N3O5S. The molecule has 1 N–H and O–H groups in total. The number of fused-ring (bicyclic) bond motifs is 1. The van der Waals surface area contributed by atoms with Gasteiger partial charge in [-0.2, -0.15) is 0 Å². The molecule has 9 heteroatoms. The number of carbonyl (C=O) groups excluding carboxylic acids is 1. The van der Waals surface area contributed by atoms with Gasteiger partial charge in [-0.3, -0.25) is 14.9 Å². The fraction of sp³-hybridized carbons (Fsp3) is 0.143. The Morgan fingerprint density at radius 2 is 2.13 bits per heavy atom. The molecule has 0 aliphatic carbocycles. The third kappa shape index (κ3) is 3.87. The van der Waals surface area contributed by atoms with Gasteiger partial charge in [0.2, 0.25) is 5.91 Å². The van der Waals surface area contributed by atoms with Gasteiger partial charge in [0.05, 0.1) is 30.4 Å². The first-order valence-electron chi connectivity index (χ1n) is 8.99. The lowest BCUT2D eigenvalue weighted by atomic mass is 10.1. The van der Waals surface area contributed by atoms with Crippen molar-refractivity contribution in [1.29, 1.82) is 0 Å². The van der Waals surface area contributed by atoms with Crippen molar-refractivity contribution in [2.75, 3.05) is 12.4 Å². The Labute approximate surface area is 175 Å². The number of rotatable bonds is 6. The fourth-order valence-corrected chi connectivity index (χ4v) is 3.83. The van der Waals surface area contributed by atoms with Crippen molar-refractivity contribution < 1.29 is 18.9 Å². The Morgan fingerprint density at radius 3 is 2.90 bits per heavy atom. The number of ether oxygens (including phenoxy) is 1. The third-order valence-electron chi connectivity index (χ3n) is 4.67. The number of thiazole rings is 1. The number of anilines is 1. The predicted molar refractivity (Wildman–Crippen MR) is 114 cm³/mol. The second kappa shape index (κ2) is 7.96. The number of nitro groups is 1. The summed E-state index contributed by atoms with van der Waals surface area (Å²) in [7, 11) is 1.58. The number of aryl methyl sites for hydroxylation is 1. The van der Waals surface area contributed by atoms with Gasteiger partial charge in [0.15, 0.2) is 5.13 Å². The average Bonchev–Trinajstić information content (AvgIpc) is 3.35. The molecule has 0 aliphatic rings. The van der Waals surface area contributed by atoms with Crippen LogP contribution in [0, 0.1) is 17.0 Å². The SMILES string of the molecule is COc1ccc2c(CC(=O)Nc3nc(-c4ccc(C)c([N+](=O)[O-])c4)cs3)coc2c1. The molecule has 0 saturated carbocycles. The van der Waals surface area contributed by atoms with Crippen molar-refractivity contribution in [3.63, 3.8) is 0 Å².